The molecule has 1 aliphatic rings. The van der Waals surface area contributed by atoms with E-state index in [0.29, 0.717) is 6.54 Å². The van der Waals surface area contributed by atoms with Crippen molar-refractivity contribution in [2.24, 2.45) is 0 Å². The molecule has 1 N–H and O–H groups in total. The number of sulfonamides is 1. The van der Waals surface area contributed by atoms with Crippen LogP contribution in [0.25, 0.3) is 11.0 Å². The van der Waals surface area contributed by atoms with Crippen molar-refractivity contribution in [3.05, 3.63) is 35.1 Å². The molecule has 0 bridgehead atoms. The summed E-state index contributed by atoms with van der Waals surface area (Å²) in [6, 6.07) is 6.31. The molecule has 5 nitrogen and oxygen atoms in total. The summed E-state index contributed by atoms with van der Waals surface area (Å²) in [4.78, 5) is 2.22. The number of hydrogen-bond donors (Lipinski definition) is 1. The van der Waals surface area contributed by atoms with Crippen LogP contribution in [0.15, 0.2) is 22.6 Å². The van der Waals surface area contributed by atoms with Crippen LogP contribution in [-0.4, -0.2) is 38.7 Å². The summed E-state index contributed by atoms with van der Waals surface area (Å²) in [5, 5.41) is 1.13. The van der Waals surface area contributed by atoms with Crippen molar-refractivity contribution in [3.8, 4) is 0 Å². The Balaban J connectivity index is 1.69. The van der Waals surface area contributed by atoms with E-state index in [4.69, 9.17) is 4.42 Å². The number of furan rings is 1. The largest absolute Gasteiger partial charge is 0.460 e. The molecule has 0 amide bonds. The lowest BCUT2D eigenvalue weighted by atomic mass is 10.1. The van der Waals surface area contributed by atoms with Gasteiger partial charge in [-0.2, -0.15) is 0 Å². The molecule has 1 unspecified atom stereocenters. The normalized spacial score (nSPS) is 20.0. The number of benzene rings is 1. The summed E-state index contributed by atoms with van der Waals surface area (Å²) >= 11 is 0. The van der Waals surface area contributed by atoms with Gasteiger partial charge in [-0.15, -0.1) is 0 Å². The Bertz CT molecular complexity index is 756. The first-order valence-electron chi connectivity index (χ1n) is 7.49. The maximum atomic E-state index is 11.3. The molecule has 1 aromatic carbocycles. The second-order valence-electron chi connectivity index (χ2n) is 6.30. The zero-order valence-electron chi connectivity index (χ0n) is 13.2. The van der Waals surface area contributed by atoms with E-state index in [9.17, 15) is 8.42 Å². The van der Waals surface area contributed by atoms with E-state index in [0.717, 1.165) is 36.2 Å². The molecule has 22 heavy (non-hydrogen) atoms. The molecule has 0 spiro atoms. The minimum Gasteiger partial charge on any atom is -0.460 e. The van der Waals surface area contributed by atoms with Gasteiger partial charge in [-0.1, -0.05) is 0 Å². The van der Waals surface area contributed by atoms with E-state index < -0.39 is 10.0 Å². The lowest BCUT2D eigenvalue weighted by Gasteiger charge is -2.14. The first-order chi connectivity index (χ1) is 10.3. The van der Waals surface area contributed by atoms with E-state index in [1.54, 1.807) is 0 Å². The molecule has 2 aromatic rings. The quantitative estimate of drug-likeness (QED) is 0.937. The van der Waals surface area contributed by atoms with Gasteiger partial charge in [-0.05, 0) is 49.6 Å². The number of nitrogens with one attached hydrogen (secondary N) is 1. The van der Waals surface area contributed by atoms with Crippen LogP contribution < -0.4 is 4.72 Å². The van der Waals surface area contributed by atoms with Gasteiger partial charge in [0.15, 0.2) is 0 Å². The minimum atomic E-state index is -3.13. The topological polar surface area (TPSA) is 62.6 Å². The van der Waals surface area contributed by atoms with Crippen molar-refractivity contribution in [1.29, 1.82) is 0 Å². The van der Waals surface area contributed by atoms with E-state index in [1.807, 2.05) is 0 Å². The second kappa shape index (κ2) is 5.68. The van der Waals surface area contributed by atoms with Gasteiger partial charge in [0.05, 0.1) is 12.8 Å². The third-order valence-corrected chi connectivity index (χ3v) is 4.98. The van der Waals surface area contributed by atoms with Gasteiger partial charge in [-0.3, -0.25) is 4.90 Å². The van der Waals surface area contributed by atoms with Crippen LogP contribution in [0.4, 0.5) is 0 Å². The van der Waals surface area contributed by atoms with Crippen LogP contribution in [0.2, 0.25) is 0 Å². The van der Waals surface area contributed by atoms with Crippen LogP contribution in [-0.2, 0) is 16.6 Å². The molecule has 0 aliphatic carbocycles. The summed E-state index contributed by atoms with van der Waals surface area (Å²) < 4.78 is 31.2. The summed E-state index contributed by atoms with van der Waals surface area (Å²) in [6.45, 7) is 6.50. The zero-order valence-corrected chi connectivity index (χ0v) is 14.0. The molecule has 2 heterocycles. The first kappa shape index (κ1) is 15.5. The number of nitrogens with zero attached hydrogens (tertiary/aromatic N) is 1. The second-order valence-corrected chi connectivity index (χ2v) is 8.08. The van der Waals surface area contributed by atoms with Gasteiger partial charge in [-0.25, -0.2) is 13.1 Å². The van der Waals surface area contributed by atoms with Crippen molar-refractivity contribution >= 4 is 21.0 Å². The number of hydrogen-bond acceptors (Lipinski definition) is 4. The lowest BCUT2D eigenvalue weighted by molar-refractivity contribution is 0.297. The Morgan fingerprint density at radius 1 is 1.27 bits per heavy atom. The molecule has 1 aliphatic heterocycles. The number of fused-ring (bicyclic) bond motifs is 1. The molecule has 6 heteroatoms. The standard InChI is InChI=1S/C16H22N2O3S/c1-11-6-13-8-15(21-16(13)7-12(11)2)10-18-5-4-14(9-18)17-22(3,19)20/h6-8,14,17H,4-5,9-10H2,1-3H3. The molecule has 1 aromatic heterocycles. The summed E-state index contributed by atoms with van der Waals surface area (Å²) in [5.41, 5.74) is 3.41. The predicted octanol–water partition coefficient (Wildman–Crippen LogP) is 2.17. The average Bonchev–Trinajstić information content (AvgIpc) is 2.95. The van der Waals surface area contributed by atoms with Crippen LogP contribution in [0.3, 0.4) is 0 Å². The van der Waals surface area contributed by atoms with E-state index in [-0.39, 0.29) is 6.04 Å². The van der Waals surface area contributed by atoms with Crippen molar-refractivity contribution in [1.82, 2.24) is 9.62 Å². The zero-order chi connectivity index (χ0) is 15.9. The smallest absolute Gasteiger partial charge is 0.208 e. The Morgan fingerprint density at radius 2 is 2.00 bits per heavy atom. The van der Waals surface area contributed by atoms with Crippen LogP contribution in [0, 0.1) is 13.8 Å². The molecule has 1 atom stereocenters. The molecule has 1 fully saturated rings. The highest BCUT2D eigenvalue weighted by molar-refractivity contribution is 7.88. The summed E-state index contributed by atoms with van der Waals surface area (Å²) in [6.07, 6.45) is 2.05. The van der Waals surface area contributed by atoms with Gasteiger partial charge >= 0.3 is 0 Å². The lowest BCUT2D eigenvalue weighted by Crippen LogP contribution is -2.36. The summed E-state index contributed by atoms with van der Waals surface area (Å²) in [7, 11) is -3.13. The molecule has 0 saturated carbocycles. The monoisotopic (exact) mass is 322 g/mol. The van der Waals surface area contributed by atoms with Gasteiger partial charge in [0.1, 0.15) is 11.3 Å². The third kappa shape index (κ3) is 3.51. The number of rotatable bonds is 4. The van der Waals surface area contributed by atoms with Gasteiger partial charge in [0.25, 0.3) is 0 Å². The average molecular weight is 322 g/mol. The highest BCUT2D eigenvalue weighted by Crippen LogP contribution is 2.25. The molecule has 0 radical (unpaired) electrons. The molecule has 3 rings (SSSR count). The molecule has 120 valence electrons. The Hall–Kier alpha value is -1.37. The van der Waals surface area contributed by atoms with Crippen molar-refractivity contribution < 1.29 is 12.8 Å². The molecular formula is C16H22N2O3S. The summed E-state index contributed by atoms with van der Waals surface area (Å²) in [5.74, 6) is 0.931. The Labute approximate surface area is 131 Å². The predicted molar refractivity (Wildman–Crippen MR) is 87.3 cm³/mol. The number of likely N-dealkylation sites (tertiary alicyclic amines) is 1. The van der Waals surface area contributed by atoms with Gasteiger partial charge < -0.3 is 4.42 Å². The van der Waals surface area contributed by atoms with Crippen molar-refractivity contribution in [2.75, 3.05) is 19.3 Å². The van der Waals surface area contributed by atoms with E-state index in [2.05, 4.69) is 41.7 Å². The molecule has 1 saturated heterocycles. The van der Waals surface area contributed by atoms with Crippen molar-refractivity contribution in [3.63, 3.8) is 0 Å². The van der Waals surface area contributed by atoms with Crippen LogP contribution in [0.1, 0.15) is 23.3 Å². The van der Waals surface area contributed by atoms with E-state index >= 15 is 0 Å². The Morgan fingerprint density at radius 3 is 2.73 bits per heavy atom. The minimum absolute atomic E-state index is 0.00358. The van der Waals surface area contributed by atoms with E-state index in [1.165, 1.54) is 17.4 Å². The fourth-order valence-corrected chi connectivity index (χ4v) is 3.83. The molecular weight excluding hydrogens is 300 g/mol. The van der Waals surface area contributed by atoms with Crippen molar-refractivity contribution in [2.45, 2.75) is 32.9 Å². The Kier molecular flexibility index (Phi) is 4.01. The maximum Gasteiger partial charge on any atom is 0.208 e. The third-order valence-electron chi connectivity index (χ3n) is 4.22. The van der Waals surface area contributed by atoms with Gasteiger partial charge in [0.2, 0.25) is 10.0 Å². The first-order valence-corrected chi connectivity index (χ1v) is 9.38. The van der Waals surface area contributed by atoms with Gasteiger partial charge in [0, 0.05) is 24.5 Å². The number of aryl methyl sites for hydroxylation is 2. The fourth-order valence-electron chi connectivity index (χ4n) is 3.03. The highest BCUT2D eigenvalue weighted by Gasteiger charge is 2.25. The van der Waals surface area contributed by atoms with Crippen LogP contribution in [0.5, 0.6) is 0 Å². The highest BCUT2D eigenvalue weighted by atomic mass is 32.2. The maximum absolute atomic E-state index is 11.3. The van der Waals surface area contributed by atoms with Crippen LogP contribution >= 0.6 is 0 Å². The fraction of sp³-hybridized carbons (Fsp3) is 0.500. The SMILES string of the molecule is Cc1cc2cc(CN3CCC(NS(C)(=O)=O)C3)oc2cc1C.